The van der Waals surface area contributed by atoms with Crippen molar-refractivity contribution in [2.45, 2.75) is 13.0 Å². The second kappa shape index (κ2) is 6.10. The van der Waals surface area contributed by atoms with Crippen LogP contribution in [0.1, 0.15) is 5.56 Å². The summed E-state index contributed by atoms with van der Waals surface area (Å²) in [5.74, 6) is 0.698. The largest absolute Gasteiger partial charge is 0.494 e. The Bertz CT molecular complexity index is 380. The highest BCUT2D eigenvalue weighted by atomic mass is 35.5. The van der Waals surface area contributed by atoms with Gasteiger partial charge in [-0.3, -0.25) is 0 Å². The third-order valence-corrected chi connectivity index (χ3v) is 2.99. The van der Waals surface area contributed by atoms with E-state index in [1.54, 1.807) is 25.1 Å². The molecule has 96 valence electrons. The fourth-order valence-corrected chi connectivity index (χ4v) is 2.01. The quantitative estimate of drug-likeness (QED) is 0.840. The summed E-state index contributed by atoms with van der Waals surface area (Å²) in [7, 11) is 3.37. The van der Waals surface area contributed by atoms with Gasteiger partial charge in [0.25, 0.3) is 0 Å². The molecule has 2 N–H and O–H groups in total. The highest BCUT2D eigenvalue weighted by Gasteiger charge is 2.18. The summed E-state index contributed by atoms with van der Waals surface area (Å²) in [6.07, 6.45) is 0. The van der Waals surface area contributed by atoms with E-state index in [4.69, 9.17) is 16.3 Å². The first-order valence-electron chi connectivity index (χ1n) is 5.33. The van der Waals surface area contributed by atoms with Crippen LogP contribution in [0.25, 0.3) is 0 Å². The molecule has 4 nitrogen and oxygen atoms in total. The first-order chi connectivity index (χ1) is 8.04. The normalized spacial score (nSPS) is 10.8. The molecule has 0 aliphatic rings. The van der Waals surface area contributed by atoms with Crippen LogP contribution in [-0.4, -0.2) is 43.6 Å². The molecule has 0 aliphatic carbocycles. The van der Waals surface area contributed by atoms with Crippen LogP contribution in [0.2, 0.25) is 5.02 Å². The Hall–Kier alpha value is -0.970. The number of aliphatic hydroxyl groups excluding tert-OH is 2. The van der Waals surface area contributed by atoms with E-state index in [9.17, 15) is 10.2 Å². The number of nitrogens with zero attached hydrogens (tertiary/aromatic N) is 1. The summed E-state index contributed by atoms with van der Waals surface area (Å²) in [5, 5.41) is 19.0. The van der Waals surface area contributed by atoms with Crippen molar-refractivity contribution < 1.29 is 14.9 Å². The lowest BCUT2D eigenvalue weighted by molar-refractivity contribution is 0.190. The van der Waals surface area contributed by atoms with Crippen molar-refractivity contribution in [2.24, 2.45) is 0 Å². The van der Waals surface area contributed by atoms with Gasteiger partial charge in [0, 0.05) is 12.1 Å². The van der Waals surface area contributed by atoms with Gasteiger partial charge in [-0.25, -0.2) is 0 Å². The van der Waals surface area contributed by atoms with Gasteiger partial charge in [0.1, 0.15) is 5.75 Å². The first kappa shape index (κ1) is 14.1. The summed E-state index contributed by atoms with van der Waals surface area (Å²) in [5.41, 5.74) is 1.67. The minimum atomic E-state index is -0.373. The number of methoxy groups -OCH3 is 1. The maximum Gasteiger partial charge on any atom is 0.145 e. The van der Waals surface area contributed by atoms with Crippen LogP contribution in [0, 0.1) is 6.92 Å². The molecule has 0 saturated carbocycles. The van der Waals surface area contributed by atoms with Gasteiger partial charge in [-0.1, -0.05) is 11.6 Å². The Kier molecular flexibility index (Phi) is 5.05. The van der Waals surface area contributed by atoms with Crippen LogP contribution in [0.4, 0.5) is 5.69 Å². The molecule has 0 spiro atoms. The van der Waals surface area contributed by atoms with E-state index >= 15 is 0 Å². The van der Waals surface area contributed by atoms with Gasteiger partial charge in [0.05, 0.1) is 32.1 Å². The molecule has 0 aromatic heterocycles. The molecule has 5 heteroatoms. The molecule has 0 aliphatic heterocycles. The van der Waals surface area contributed by atoms with Gasteiger partial charge in [0.15, 0.2) is 0 Å². The lowest BCUT2D eigenvalue weighted by Gasteiger charge is -2.29. The first-order valence-corrected chi connectivity index (χ1v) is 5.71. The molecule has 17 heavy (non-hydrogen) atoms. The molecule has 1 aromatic rings. The van der Waals surface area contributed by atoms with Crippen molar-refractivity contribution >= 4 is 17.3 Å². The Morgan fingerprint density at radius 2 is 1.94 bits per heavy atom. The number of halogens is 1. The fraction of sp³-hybridized carbons (Fsp3) is 0.500. The summed E-state index contributed by atoms with van der Waals surface area (Å²) < 4.78 is 5.33. The molecule has 0 bridgehead atoms. The van der Waals surface area contributed by atoms with E-state index < -0.39 is 0 Å². The zero-order valence-corrected chi connectivity index (χ0v) is 11.0. The average molecular weight is 260 g/mol. The van der Waals surface area contributed by atoms with Crippen molar-refractivity contribution in [2.75, 3.05) is 32.3 Å². The number of aliphatic hydroxyl groups is 2. The highest BCUT2D eigenvalue weighted by molar-refractivity contribution is 6.31. The Morgan fingerprint density at radius 1 is 1.35 bits per heavy atom. The zero-order chi connectivity index (χ0) is 13.0. The van der Waals surface area contributed by atoms with Crippen LogP contribution >= 0.6 is 11.6 Å². The number of benzene rings is 1. The van der Waals surface area contributed by atoms with Crippen molar-refractivity contribution in [1.29, 1.82) is 0 Å². The summed E-state index contributed by atoms with van der Waals surface area (Å²) in [6, 6.07) is 3.19. The second-order valence-corrected chi connectivity index (χ2v) is 4.34. The van der Waals surface area contributed by atoms with Crippen LogP contribution in [-0.2, 0) is 0 Å². The molecule has 0 unspecified atom stereocenters. The van der Waals surface area contributed by atoms with Crippen LogP contribution in [0.3, 0.4) is 0 Å². The minimum Gasteiger partial charge on any atom is -0.494 e. The Balaban J connectivity index is 3.19. The van der Waals surface area contributed by atoms with E-state index in [1.165, 1.54) is 0 Å². The number of hydrogen-bond acceptors (Lipinski definition) is 4. The Labute approximate surface area is 106 Å². The van der Waals surface area contributed by atoms with Gasteiger partial charge in [-0.05, 0) is 24.6 Å². The Morgan fingerprint density at radius 3 is 2.41 bits per heavy atom. The molecule has 0 heterocycles. The van der Waals surface area contributed by atoms with Gasteiger partial charge in [0.2, 0.25) is 0 Å². The minimum absolute atomic E-state index is 0.137. The monoisotopic (exact) mass is 259 g/mol. The molecule has 0 fully saturated rings. The van der Waals surface area contributed by atoms with Crippen LogP contribution < -0.4 is 9.64 Å². The van der Waals surface area contributed by atoms with Crippen molar-refractivity contribution in [3.63, 3.8) is 0 Å². The van der Waals surface area contributed by atoms with E-state index in [0.29, 0.717) is 10.8 Å². The van der Waals surface area contributed by atoms with Crippen LogP contribution in [0.15, 0.2) is 12.1 Å². The smallest absolute Gasteiger partial charge is 0.145 e. The van der Waals surface area contributed by atoms with Gasteiger partial charge in [-0.2, -0.15) is 0 Å². The third kappa shape index (κ3) is 3.03. The van der Waals surface area contributed by atoms with Gasteiger partial charge >= 0.3 is 0 Å². The lowest BCUT2D eigenvalue weighted by atomic mass is 10.1. The molecule has 1 aromatic carbocycles. The number of anilines is 1. The highest BCUT2D eigenvalue weighted by Crippen LogP contribution is 2.35. The molecule has 0 atom stereocenters. The van der Waals surface area contributed by atoms with Crippen LogP contribution in [0.5, 0.6) is 5.75 Å². The van der Waals surface area contributed by atoms with E-state index in [2.05, 4.69) is 0 Å². The second-order valence-electron chi connectivity index (χ2n) is 3.90. The maximum atomic E-state index is 9.18. The summed E-state index contributed by atoms with van der Waals surface area (Å²) >= 11 is 6.01. The van der Waals surface area contributed by atoms with E-state index in [1.807, 2.05) is 13.0 Å². The topological polar surface area (TPSA) is 52.9 Å². The summed E-state index contributed by atoms with van der Waals surface area (Å²) in [4.78, 5) is 1.76. The standard InChI is InChI=1S/C12H18ClNO3/c1-8-4-9(13)5-11(12(8)17-3)14(2)10(6-15)7-16/h4-5,10,15-16H,6-7H2,1-3H3. The van der Waals surface area contributed by atoms with Crippen molar-refractivity contribution in [3.05, 3.63) is 22.7 Å². The number of ether oxygens (including phenoxy) is 1. The molecular formula is C12H18ClNO3. The number of likely N-dealkylation sites (N-methyl/N-ethyl adjacent to an activating group) is 1. The SMILES string of the molecule is COc1c(C)cc(Cl)cc1N(C)C(CO)CO. The summed E-state index contributed by atoms with van der Waals surface area (Å²) in [6.45, 7) is 1.62. The van der Waals surface area contributed by atoms with Gasteiger partial charge < -0.3 is 19.8 Å². The molecule has 1 rings (SSSR count). The average Bonchev–Trinajstić information content (AvgIpc) is 2.29. The number of hydrogen-bond donors (Lipinski definition) is 2. The fourth-order valence-electron chi connectivity index (χ4n) is 1.74. The number of rotatable bonds is 5. The van der Waals surface area contributed by atoms with Crippen molar-refractivity contribution in [1.82, 2.24) is 0 Å². The zero-order valence-electron chi connectivity index (χ0n) is 10.3. The van der Waals surface area contributed by atoms with Crippen molar-refractivity contribution in [3.8, 4) is 5.75 Å². The number of aryl methyl sites for hydroxylation is 1. The predicted octanol–water partition coefficient (Wildman–Crippen LogP) is 1.45. The van der Waals surface area contributed by atoms with E-state index in [0.717, 1.165) is 11.3 Å². The predicted molar refractivity (Wildman–Crippen MR) is 69.1 cm³/mol. The van der Waals surface area contributed by atoms with Gasteiger partial charge in [-0.15, -0.1) is 0 Å². The molecular weight excluding hydrogens is 242 g/mol. The van der Waals surface area contributed by atoms with E-state index in [-0.39, 0.29) is 19.3 Å². The molecule has 0 amide bonds. The third-order valence-electron chi connectivity index (χ3n) is 2.77. The maximum absolute atomic E-state index is 9.18. The lowest BCUT2D eigenvalue weighted by Crippen LogP contribution is -2.38. The molecule has 0 saturated heterocycles. The molecule has 0 radical (unpaired) electrons.